The van der Waals surface area contributed by atoms with Gasteiger partial charge in [-0.25, -0.2) is 4.79 Å². The highest BCUT2D eigenvalue weighted by molar-refractivity contribution is 6.31. The van der Waals surface area contributed by atoms with E-state index in [4.69, 9.17) is 16.3 Å². The van der Waals surface area contributed by atoms with Gasteiger partial charge in [0.25, 0.3) is 0 Å². The number of halogens is 1. The Balaban J connectivity index is 1.75. The Morgan fingerprint density at radius 1 is 1.04 bits per heavy atom. The third-order valence-electron chi connectivity index (χ3n) is 4.41. The maximum atomic E-state index is 12.6. The minimum atomic E-state index is -0.0731. The average molecular weight is 338 g/mol. The zero-order chi connectivity index (χ0) is 16.1. The Labute approximate surface area is 142 Å². The third kappa shape index (κ3) is 4.30. The maximum Gasteiger partial charge on any atom is 0.321 e. The molecule has 0 bridgehead atoms. The standard InChI is InChI=1S/C17H24ClN3O2/c18-14-5-6-16(20-7-2-1-3-8-20)15(13-14)19-17(22)21-9-4-11-23-12-10-21/h5-6,13H,1-4,7-12H2,(H,19,22). The molecule has 0 atom stereocenters. The minimum Gasteiger partial charge on any atom is -0.380 e. The maximum absolute atomic E-state index is 12.6. The van der Waals surface area contributed by atoms with Crippen LogP contribution in [0, 0.1) is 0 Å². The van der Waals surface area contributed by atoms with Crippen LogP contribution in [0.25, 0.3) is 0 Å². The zero-order valence-electron chi connectivity index (χ0n) is 13.4. The van der Waals surface area contributed by atoms with Gasteiger partial charge >= 0.3 is 6.03 Å². The summed E-state index contributed by atoms with van der Waals surface area (Å²) in [6, 6.07) is 5.67. The molecule has 2 saturated heterocycles. The van der Waals surface area contributed by atoms with Crippen LogP contribution < -0.4 is 10.2 Å². The summed E-state index contributed by atoms with van der Waals surface area (Å²) in [6.07, 6.45) is 4.54. The predicted octanol–water partition coefficient (Wildman–Crippen LogP) is 3.58. The number of rotatable bonds is 2. The van der Waals surface area contributed by atoms with Gasteiger partial charge in [0.15, 0.2) is 0 Å². The number of carbonyl (C=O) groups excluding carboxylic acids is 1. The van der Waals surface area contributed by atoms with Crippen LogP contribution in [0.4, 0.5) is 16.2 Å². The fourth-order valence-electron chi connectivity index (χ4n) is 3.16. The van der Waals surface area contributed by atoms with E-state index in [0.29, 0.717) is 18.2 Å². The van der Waals surface area contributed by atoms with E-state index < -0.39 is 0 Å². The van der Waals surface area contributed by atoms with Crippen LogP contribution in [0.2, 0.25) is 5.02 Å². The largest absolute Gasteiger partial charge is 0.380 e. The molecule has 23 heavy (non-hydrogen) atoms. The molecule has 0 spiro atoms. The van der Waals surface area contributed by atoms with Crippen molar-refractivity contribution in [3.63, 3.8) is 0 Å². The van der Waals surface area contributed by atoms with E-state index in [1.54, 1.807) is 0 Å². The lowest BCUT2D eigenvalue weighted by molar-refractivity contribution is 0.144. The van der Waals surface area contributed by atoms with Gasteiger partial charge in [0.2, 0.25) is 0 Å². The van der Waals surface area contributed by atoms with Crippen molar-refractivity contribution in [2.24, 2.45) is 0 Å². The molecule has 126 valence electrons. The van der Waals surface area contributed by atoms with Crippen LogP contribution in [0.1, 0.15) is 25.7 Å². The quantitative estimate of drug-likeness (QED) is 0.897. The second kappa shape index (κ2) is 7.88. The monoisotopic (exact) mass is 337 g/mol. The first-order valence-corrected chi connectivity index (χ1v) is 8.80. The molecule has 5 nitrogen and oxygen atoms in total. The number of urea groups is 1. The molecule has 1 N–H and O–H groups in total. The highest BCUT2D eigenvalue weighted by atomic mass is 35.5. The number of amides is 2. The second-order valence-electron chi connectivity index (χ2n) is 6.09. The molecule has 6 heteroatoms. The van der Waals surface area contributed by atoms with Gasteiger partial charge in [-0.15, -0.1) is 0 Å². The van der Waals surface area contributed by atoms with E-state index >= 15 is 0 Å². The molecule has 2 amide bonds. The molecule has 2 fully saturated rings. The summed E-state index contributed by atoms with van der Waals surface area (Å²) >= 11 is 6.15. The second-order valence-corrected chi connectivity index (χ2v) is 6.53. The molecular weight excluding hydrogens is 314 g/mol. The van der Waals surface area contributed by atoms with Crippen LogP contribution in [-0.4, -0.2) is 50.3 Å². The molecule has 3 rings (SSSR count). The van der Waals surface area contributed by atoms with Crippen molar-refractivity contribution in [3.8, 4) is 0 Å². The first kappa shape index (κ1) is 16.4. The van der Waals surface area contributed by atoms with Crippen LogP contribution in [-0.2, 0) is 4.74 Å². The molecule has 0 aliphatic carbocycles. The fraction of sp³-hybridized carbons (Fsp3) is 0.588. The summed E-state index contributed by atoms with van der Waals surface area (Å²) in [6.45, 7) is 4.74. The lowest BCUT2D eigenvalue weighted by atomic mass is 10.1. The van der Waals surface area contributed by atoms with Crippen molar-refractivity contribution < 1.29 is 9.53 Å². The summed E-state index contributed by atoms with van der Waals surface area (Å²) in [5.74, 6) is 0. The van der Waals surface area contributed by atoms with E-state index in [9.17, 15) is 4.79 Å². The molecule has 2 aliphatic rings. The Kier molecular flexibility index (Phi) is 5.62. The van der Waals surface area contributed by atoms with Crippen molar-refractivity contribution in [3.05, 3.63) is 23.2 Å². The number of hydrogen-bond donors (Lipinski definition) is 1. The van der Waals surface area contributed by atoms with E-state index in [1.165, 1.54) is 19.3 Å². The third-order valence-corrected chi connectivity index (χ3v) is 4.64. The van der Waals surface area contributed by atoms with E-state index in [-0.39, 0.29) is 6.03 Å². The van der Waals surface area contributed by atoms with Crippen LogP contribution in [0.3, 0.4) is 0 Å². The normalized spacial score (nSPS) is 19.3. The van der Waals surface area contributed by atoms with Crippen LogP contribution in [0.5, 0.6) is 0 Å². The molecule has 2 heterocycles. The summed E-state index contributed by atoms with van der Waals surface area (Å²) in [5, 5.41) is 3.69. The lowest BCUT2D eigenvalue weighted by Gasteiger charge is -2.31. The van der Waals surface area contributed by atoms with Crippen molar-refractivity contribution >= 4 is 29.0 Å². The minimum absolute atomic E-state index is 0.0731. The van der Waals surface area contributed by atoms with Crippen molar-refractivity contribution in [2.75, 3.05) is 49.6 Å². The summed E-state index contributed by atoms with van der Waals surface area (Å²) in [4.78, 5) is 16.7. The summed E-state index contributed by atoms with van der Waals surface area (Å²) in [7, 11) is 0. The van der Waals surface area contributed by atoms with Gasteiger partial charge in [-0.2, -0.15) is 0 Å². The highest BCUT2D eigenvalue weighted by Crippen LogP contribution is 2.31. The van der Waals surface area contributed by atoms with E-state index in [2.05, 4.69) is 10.2 Å². The summed E-state index contributed by atoms with van der Waals surface area (Å²) < 4.78 is 5.41. The molecule has 1 aromatic carbocycles. The lowest BCUT2D eigenvalue weighted by Crippen LogP contribution is -2.37. The zero-order valence-corrected chi connectivity index (χ0v) is 14.1. The fourth-order valence-corrected chi connectivity index (χ4v) is 3.33. The Morgan fingerprint density at radius 2 is 1.87 bits per heavy atom. The van der Waals surface area contributed by atoms with Gasteiger partial charge < -0.3 is 19.9 Å². The Morgan fingerprint density at radius 3 is 2.70 bits per heavy atom. The number of hydrogen-bond acceptors (Lipinski definition) is 3. The van der Waals surface area contributed by atoms with Crippen molar-refractivity contribution in [1.82, 2.24) is 4.90 Å². The number of nitrogens with one attached hydrogen (secondary N) is 1. The Bertz CT molecular complexity index is 539. The van der Waals surface area contributed by atoms with Crippen LogP contribution in [0.15, 0.2) is 18.2 Å². The van der Waals surface area contributed by atoms with Gasteiger partial charge in [0, 0.05) is 37.8 Å². The van der Waals surface area contributed by atoms with E-state index in [0.717, 1.165) is 44.0 Å². The van der Waals surface area contributed by atoms with Gasteiger partial charge in [-0.1, -0.05) is 11.6 Å². The van der Waals surface area contributed by atoms with Gasteiger partial charge in [0.05, 0.1) is 18.0 Å². The number of ether oxygens (including phenoxy) is 1. The topological polar surface area (TPSA) is 44.8 Å². The predicted molar refractivity (Wildman–Crippen MR) is 93.5 cm³/mol. The molecule has 0 radical (unpaired) electrons. The molecule has 2 aliphatic heterocycles. The van der Waals surface area contributed by atoms with Crippen molar-refractivity contribution in [2.45, 2.75) is 25.7 Å². The Hall–Kier alpha value is -1.46. The molecule has 1 aromatic rings. The van der Waals surface area contributed by atoms with Gasteiger partial charge in [-0.05, 0) is 43.9 Å². The summed E-state index contributed by atoms with van der Waals surface area (Å²) in [5.41, 5.74) is 1.86. The molecular formula is C17H24ClN3O2. The van der Waals surface area contributed by atoms with Crippen LogP contribution >= 0.6 is 11.6 Å². The smallest absolute Gasteiger partial charge is 0.321 e. The average Bonchev–Trinajstić information content (AvgIpc) is 2.85. The first-order valence-electron chi connectivity index (χ1n) is 8.42. The number of nitrogens with zero attached hydrogens (tertiary/aromatic N) is 2. The molecule has 0 saturated carbocycles. The number of piperidine rings is 1. The molecule has 0 unspecified atom stereocenters. The van der Waals surface area contributed by atoms with Gasteiger partial charge in [-0.3, -0.25) is 0 Å². The van der Waals surface area contributed by atoms with Gasteiger partial charge in [0.1, 0.15) is 0 Å². The SMILES string of the molecule is O=C(Nc1cc(Cl)ccc1N1CCCCC1)N1CCCOCC1. The molecule has 0 aromatic heterocycles. The van der Waals surface area contributed by atoms with Crippen molar-refractivity contribution in [1.29, 1.82) is 0 Å². The first-order chi connectivity index (χ1) is 11.2. The number of benzene rings is 1. The number of anilines is 2. The number of carbonyl (C=O) groups is 1. The van der Waals surface area contributed by atoms with E-state index in [1.807, 2.05) is 23.1 Å². The highest BCUT2D eigenvalue weighted by Gasteiger charge is 2.20.